The van der Waals surface area contributed by atoms with Gasteiger partial charge in [0.25, 0.3) is 17.7 Å². The molecule has 3 saturated carbocycles. The Morgan fingerprint density at radius 2 is 0.980 bits per heavy atom. The highest BCUT2D eigenvalue weighted by atomic mass is 79.9. The van der Waals surface area contributed by atoms with E-state index in [2.05, 4.69) is 105 Å². The number of imidazole rings is 3. The van der Waals surface area contributed by atoms with Gasteiger partial charge in [0.1, 0.15) is 0 Å². The van der Waals surface area contributed by atoms with E-state index in [1.807, 2.05) is 60.0 Å². The van der Waals surface area contributed by atoms with E-state index in [0.29, 0.717) is 73.4 Å². The largest absolute Gasteiger partial charge is 0.385 e. The van der Waals surface area contributed by atoms with Gasteiger partial charge in [0.2, 0.25) is 29.7 Å². The van der Waals surface area contributed by atoms with Crippen molar-refractivity contribution in [2.45, 2.75) is 168 Å². The monoisotopic (exact) mass is 1410 g/mol. The minimum Gasteiger partial charge on any atom is -0.385 e. The molecule has 0 atom stereocenters. The van der Waals surface area contributed by atoms with Gasteiger partial charge in [-0.25, -0.2) is 15.0 Å². The molecule has 3 fully saturated rings. The predicted octanol–water partition coefficient (Wildman–Crippen LogP) is 15.1. The average molecular weight is 1410 g/mol. The zero-order valence-electron chi connectivity index (χ0n) is 58.4. The number of fused-ring (bicyclic) bond motifs is 3. The van der Waals surface area contributed by atoms with Crippen LogP contribution < -0.4 is 20.9 Å². The number of ether oxygens (including phenoxy) is 2. The first-order valence-corrected chi connectivity index (χ1v) is 36.2. The molecule has 524 valence electrons. The molecule has 0 saturated heterocycles. The number of benzene rings is 4. The molecule has 9 aromatic rings. The van der Waals surface area contributed by atoms with Crippen LogP contribution in [0.2, 0.25) is 0 Å². The molecular formula is C77H97BrN14O7. The highest BCUT2D eigenvalue weighted by molar-refractivity contribution is 9.10. The normalized spacial score (nSPS) is 14.5. The van der Waals surface area contributed by atoms with Crippen LogP contribution in [0.3, 0.4) is 0 Å². The first kappa shape index (κ1) is 73.0. The van der Waals surface area contributed by atoms with E-state index in [-0.39, 0.29) is 41.4 Å². The van der Waals surface area contributed by atoms with Gasteiger partial charge in [-0.2, -0.15) is 0 Å². The lowest BCUT2D eigenvalue weighted by Crippen LogP contribution is -2.33. The fraction of sp³-hybridized carbons (Fsp3) is 0.455. The number of nitrogens with zero attached hydrogens (tertiary/aromatic N) is 11. The van der Waals surface area contributed by atoms with Crippen LogP contribution in [0, 0.1) is 11.8 Å². The summed E-state index contributed by atoms with van der Waals surface area (Å²) in [6, 6.07) is 33.4. The van der Waals surface area contributed by atoms with Crippen LogP contribution >= 0.6 is 15.9 Å². The minimum atomic E-state index is -0.267. The number of methoxy groups -OCH3 is 2. The standard InChI is InChI=1S/C27H33BrN4O2.C25H31N5O3.C25H33N5O2/c1-3-4-15-32-24-14-13-19(18-31(2)26(34)20-9-6-5-7-10-20)16-23(24)29-27(32)30-25(33)21-11-8-12-22(28)17-21;1-29(24(32)18-8-4-3-5-9-18)20-11-12-21-22(16-20)30(14-7-15-33-2)25(27-21)28-23(31)19-10-6-13-26-17-19;1-29(21-9-4-3-5-10-21)18-19-11-12-23-22(16-19)27-25(30(23)14-7-15-32-2)28-24(31)20-8-6-13-26-17-20/h8,11-14,16-17,20H,3-7,9-10,15,18H2,1-2H3,(H,29,30,33);6,10-13,16-18H,3-5,7-9,14-15H2,1-2H3,(H,27,28,31);6,8,11-13,16-17,21H,3-5,7,9-10,14-15,18H2,1-2H3,(H,27,28,31). The quantitative estimate of drug-likeness (QED) is 0.0453. The van der Waals surface area contributed by atoms with E-state index in [9.17, 15) is 24.0 Å². The number of halogens is 1. The molecular weight excluding hydrogens is 1310 g/mol. The van der Waals surface area contributed by atoms with Gasteiger partial charge in [-0.05, 0) is 161 Å². The number of aromatic nitrogens is 8. The first-order chi connectivity index (χ1) is 48.2. The zero-order chi connectivity index (χ0) is 69.6. The van der Waals surface area contributed by atoms with Gasteiger partial charge in [-0.1, -0.05) is 105 Å². The van der Waals surface area contributed by atoms with Crippen LogP contribution in [-0.4, -0.2) is 133 Å². The summed E-state index contributed by atoms with van der Waals surface area (Å²) in [5.41, 5.74) is 10.0. The van der Waals surface area contributed by atoms with Gasteiger partial charge < -0.3 is 33.0 Å². The number of hydrogen-bond acceptors (Lipinski definition) is 13. The number of carbonyl (C=O) groups is 5. The maximum atomic E-state index is 13.1. The van der Waals surface area contributed by atoms with E-state index in [0.717, 1.165) is 139 Å². The summed E-state index contributed by atoms with van der Waals surface area (Å²) in [5, 5.41) is 8.90. The molecule has 0 radical (unpaired) electrons. The summed E-state index contributed by atoms with van der Waals surface area (Å²) in [4.78, 5) is 92.6. The number of rotatable bonds is 25. The number of carbonyl (C=O) groups excluding carboxylic acids is 5. The second-order valence-electron chi connectivity index (χ2n) is 26.5. The fourth-order valence-electron chi connectivity index (χ4n) is 13.7. The van der Waals surface area contributed by atoms with Crippen molar-refractivity contribution in [1.29, 1.82) is 0 Å². The van der Waals surface area contributed by atoms with Crippen molar-refractivity contribution in [3.8, 4) is 0 Å². The van der Waals surface area contributed by atoms with Crippen LogP contribution in [0.4, 0.5) is 23.5 Å². The van der Waals surface area contributed by atoms with E-state index in [4.69, 9.17) is 19.4 Å². The molecule has 0 unspecified atom stereocenters. The molecule has 12 rings (SSSR count). The SMILES string of the molecule is CCCCn1c(NC(=O)c2cccc(Br)c2)nc2cc(CN(C)C(=O)C3CCCCC3)ccc21.COCCCn1c(NC(=O)c2cccnc2)nc2cc(CN(C)C3CCCCC3)ccc21.COCCCn1c(NC(=O)c2cccnc2)nc2ccc(N(C)C(=O)C3CCCCC3)cc21. The van der Waals surface area contributed by atoms with Crippen molar-refractivity contribution < 1.29 is 33.4 Å². The third kappa shape index (κ3) is 19.6. The van der Waals surface area contributed by atoms with Gasteiger partial charge in [0.05, 0.1) is 44.2 Å². The van der Waals surface area contributed by atoms with Crippen molar-refractivity contribution in [3.63, 3.8) is 0 Å². The van der Waals surface area contributed by atoms with Crippen LogP contribution in [0.25, 0.3) is 33.1 Å². The Morgan fingerprint density at radius 1 is 0.505 bits per heavy atom. The number of nitrogens with one attached hydrogen (secondary N) is 3. The summed E-state index contributed by atoms with van der Waals surface area (Å²) >= 11 is 3.43. The van der Waals surface area contributed by atoms with Crippen molar-refractivity contribution in [1.82, 2.24) is 48.4 Å². The van der Waals surface area contributed by atoms with Gasteiger partial charge in [0.15, 0.2) is 0 Å². The first-order valence-electron chi connectivity index (χ1n) is 35.4. The average Bonchev–Trinajstić information content (AvgIpc) is 1.66. The molecule has 4 aromatic carbocycles. The van der Waals surface area contributed by atoms with Crippen LogP contribution in [0.5, 0.6) is 0 Å². The lowest BCUT2D eigenvalue weighted by Gasteiger charge is -2.31. The molecule has 5 aromatic heterocycles. The molecule has 22 heteroatoms. The highest BCUT2D eigenvalue weighted by Gasteiger charge is 2.28. The van der Waals surface area contributed by atoms with Gasteiger partial charge in [-0.15, -0.1) is 0 Å². The van der Waals surface area contributed by atoms with E-state index in [1.54, 1.807) is 74.1 Å². The Hall–Kier alpha value is -8.70. The molecule has 21 nitrogen and oxygen atoms in total. The number of anilines is 4. The van der Waals surface area contributed by atoms with E-state index < -0.39 is 0 Å². The lowest BCUT2D eigenvalue weighted by molar-refractivity contribution is -0.135. The van der Waals surface area contributed by atoms with Crippen molar-refractivity contribution >= 4 is 102 Å². The molecule has 0 spiro atoms. The van der Waals surface area contributed by atoms with Gasteiger partial charge >= 0.3 is 0 Å². The third-order valence-corrected chi connectivity index (χ3v) is 19.7. The summed E-state index contributed by atoms with van der Waals surface area (Å²) in [6.45, 7) is 6.98. The molecule has 3 N–H and O–H groups in total. The summed E-state index contributed by atoms with van der Waals surface area (Å²) in [6.07, 6.45) is 27.6. The molecule has 0 aliphatic heterocycles. The molecule has 3 aliphatic carbocycles. The maximum Gasteiger partial charge on any atom is 0.259 e. The van der Waals surface area contributed by atoms with Gasteiger partial charge in [0, 0.05) is 133 Å². The Kier molecular flexibility index (Phi) is 26.9. The molecule has 5 heterocycles. The Bertz CT molecular complexity index is 4140. The molecule has 99 heavy (non-hydrogen) atoms. The van der Waals surface area contributed by atoms with Crippen molar-refractivity contribution in [2.24, 2.45) is 11.8 Å². The number of pyridine rings is 2. The smallest absolute Gasteiger partial charge is 0.259 e. The summed E-state index contributed by atoms with van der Waals surface area (Å²) < 4.78 is 17.4. The number of hydrogen-bond donors (Lipinski definition) is 3. The maximum absolute atomic E-state index is 13.1. The number of amides is 5. The lowest BCUT2D eigenvalue weighted by atomic mass is 9.88. The summed E-state index contributed by atoms with van der Waals surface area (Å²) in [5.74, 6) is 1.59. The van der Waals surface area contributed by atoms with E-state index >= 15 is 0 Å². The second-order valence-corrected chi connectivity index (χ2v) is 27.4. The summed E-state index contributed by atoms with van der Waals surface area (Å²) in [7, 11) is 9.33. The third-order valence-electron chi connectivity index (χ3n) is 19.2. The fourth-order valence-corrected chi connectivity index (χ4v) is 14.1. The Balaban J connectivity index is 0.000000161. The van der Waals surface area contributed by atoms with Crippen LogP contribution in [0.15, 0.2) is 132 Å². The van der Waals surface area contributed by atoms with Crippen LogP contribution in [-0.2, 0) is 51.8 Å². The molecule has 0 bridgehead atoms. The predicted molar refractivity (Wildman–Crippen MR) is 395 cm³/mol. The van der Waals surface area contributed by atoms with E-state index in [1.165, 1.54) is 56.7 Å². The molecule has 5 amide bonds. The van der Waals surface area contributed by atoms with Crippen molar-refractivity contribution in [3.05, 3.63) is 160 Å². The van der Waals surface area contributed by atoms with Crippen LogP contribution in [0.1, 0.15) is 171 Å². The number of aryl methyl sites for hydroxylation is 3. The zero-order valence-corrected chi connectivity index (χ0v) is 60.0. The Labute approximate surface area is 590 Å². The Morgan fingerprint density at radius 3 is 1.48 bits per heavy atom. The topological polar surface area (TPSA) is 229 Å². The number of unbranched alkanes of at least 4 members (excludes halogenated alkanes) is 1. The van der Waals surface area contributed by atoms with Gasteiger partial charge in [-0.3, -0.25) is 54.8 Å². The van der Waals surface area contributed by atoms with Crippen molar-refractivity contribution in [2.75, 3.05) is 69.4 Å². The minimum absolute atomic E-state index is 0.0976. The second kappa shape index (κ2) is 36.4. The molecule has 3 aliphatic rings. The highest BCUT2D eigenvalue weighted by Crippen LogP contribution is 2.33.